The summed E-state index contributed by atoms with van der Waals surface area (Å²) in [6, 6.07) is 18.3. The highest BCUT2D eigenvalue weighted by Gasteiger charge is 2.06. The molecule has 21 heavy (non-hydrogen) atoms. The summed E-state index contributed by atoms with van der Waals surface area (Å²) in [5.41, 5.74) is 4.08. The highest BCUT2D eigenvalue weighted by molar-refractivity contribution is 6.02. The third-order valence-electron chi connectivity index (χ3n) is 3.53. The van der Waals surface area contributed by atoms with Crippen molar-refractivity contribution in [1.29, 1.82) is 0 Å². The zero-order chi connectivity index (χ0) is 14.1. The highest BCUT2D eigenvalue weighted by atomic mass is 15.1. The van der Waals surface area contributed by atoms with Gasteiger partial charge in [0.25, 0.3) is 0 Å². The topological polar surface area (TPSA) is 53.6 Å². The molecule has 4 nitrogen and oxygen atoms in total. The van der Waals surface area contributed by atoms with Crippen LogP contribution in [0.2, 0.25) is 0 Å². The lowest BCUT2D eigenvalue weighted by atomic mass is 10.2. The first-order chi connectivity index (χ1) is 10.4. The average Bonchev–Trinajstić information content (AvgIpc) is 2.97. The Kier molecular flexibility index (Phi) is 2.78. The molecule has 0 saturated heterocycles. The maximum absolute atomic E-state index is 4.57. The normalized spacial score (nSPS) is 11.0. The second kappa shape index (κ2) is 4.90. The van der Waals surface area contributed by atoms with Gasteiger partial charge in [0.05, 0.1) is 16.6 Å². The van der Waals surface area contributed by atoms with Crippen molar-refractivity contribution in [1.82, 2.24) is 15.0 Å². The van der Waals surface area contributed by atoms with E-state index in [1.807, 2.05) is 36.4 Å². The Morgan fingerprint density at radius 3 is 2.76 bits per heavy atom. The second-order valence-corrected chi connectivity index (χ2v) is 4.96. The third-order valence-corrected chi connectivity index (χ3v) is 3.53. The fraction of sp³-hybridized carbons (Fsp3) is 0.0588. The molecule has 4 rings (SSSR count). The zero-order valence-electron chi connectivity index (χ0n) is 11.4. The molecule has 0 fully saturated rings. The number of hydrogen-bond donors (Lipinski definition) is 2. The second-order valence-electron chi connectivity index (χ2n) is 4.96. The van der Waals surface area contributed by atoms with Gasteiger partial charge in [-0.05, 0) is 17.7 Å². The van der Waals surface area contributed by atoms with Crippen LogP contribution in [0, 0.1) is 0 Å². The van der Waals surface area contributed by atoms with Crippen LogP contribution in [0.4, 0.5) is 5.95 Å². The smallest absolute Gasteiger partial charge is 0.201 e. The van der Waals surface area contributed by atoms with Gasteiger partial charge in [0.1, 0.15) is 0 Å². The standard InChI is InChI=1S/C17H14N4/c1-2-5-12(6-3-1)11-19-17-20-14-9-8-13-7-4-10-18-15(13)16(14)21-17/h1-10H,11H2,(H2,19,20,21). The molecule has 0 saturated carbocycles. The molecule has 0 aliphatic carbocycles. The van der Waals surface area contributed by atoms with Crippen LogP contribution in [-0.2, 0) is 6.54 Å². The van der Waals surface area contributed by atoms with Crippen molar-refractivity contribution in [2.24, 2.45) is 0 Å². The van der Waals surface area contributed by atoms with E-state index >= 15 is 0 Å². The van der Waals surface area contributed by atoms with Crippen molar-refractivity contribution >= 4 is 27.9 Å². The maximum atomic E-state index is 4.57. The molecule has 2 aromatic carbocycles. The van der Waals surface area contributed by atoms with Crippen LogP contribution in [0.15, 0.2) is 60.8 Å². The number of aromatic nitrogens is 3. The molecular weight excluding hydrogens is 260 g/mol. The zero-order valence-corrected chi connectivity index (χ0v) is 11.4. The number of nitrogens with one attached hydrogen (secondary N) is 2. The van der Waals surface area contributed by atoms with Crippen molar-refractivity contribution < 1.29 is 0 Å². The fourth-order valence-corrected chi connectivity index (χ4v) is 2.48. The quantitative estimate of drug-likeness (QED) is 0.598. The van der Waals surface area contributed by atoms with Gasteiger partial charge in [0, 0.05) is 18.1 Å². The summed E-state index contributed by atoms with van der Waals surface area (Å²) < 4.78 is 0. The van der Waals surface area contributed by atoms with E-state index in [2.05, 4.69) is 38.5 Å². The number of hydrogen-bond acceptors (Lipinski definition) is 3. The Balaban J connectivity index is 1.69. The number of anilines is 1. The highest BCUT2D eigenvalue weighted by Crippen LogP contribution is 2.23. The van der Waals surface area contributed by atoms with E-state index in [0.29, 0.717) is 0 Å². The minimum atomic E-state index is 0.742. The van der Waals surface area contributed by atoms with Gasteiger partial charge in [-0.1, -0.05) is 42.5 Å². The Morgan fingerprint density at radius 2 is 1.86 bits per heavy atom. The average molecular weight is 274 g/mol. The van der Waals surface area contributed by atoms with Crippen LogP contribution in [0.25, 0.3) is 21.9 Å². The molecule has 2 aromatic heterocycles. The molecule has 102 valence electrons. The van der Waals surface area contributed by atoms with Crippen molar-refractivity contribution in [2.45, 2.75) is 6.54 Å². The van der Waals surface area contributed by atoms with Crippen molar-refractivity contribution in [3.63, 3.8) is 0 Å². The molecule has 2 heterocycles. The Labute approximate surface area is 121 Å². The monoisotopic (exact) mass is 274 g/mol. The lowest BCUT2D eigenvalue weighted by Gasteiger charge is -2.02. The molecule has 0 aliphatic heterocycles. The van der Waals surface area contributed by atoms with E-state index < -0.39 is 0 Å². The van der Waals surface area contributed by atoms with Crippen LogP contribution in [0.3, 0.4) is 0 Å². The molecule has 0 aliphatic rings. The van der Waals surface area contributed by atoms with Crippen LogP contribution in [-0.4, -0.2) is 15.0 Å². The van der Waals surface area contributed by atoms with E-state index in [9.17, 15) is 0 Å². The molecule has 0 spiro atoms. The number of aromatic amines is 1. The SMILES string of the molecule is c1ccc(CNc2nc3ccc4cccnc4c3[nH]2)cc1. The Hall–Kier alpha value is -2.88. The fourth-order valence-electron chi connectivity index (χ4n) is 2.48. The molecular formula is C17H14N4. The van der Waals surface area contributed by atoms with Crippen LogP contribution < -0.4 is 5.32 Å². The molecule has 4 heteroatoms. The number of benzene rings is 2. The van der Waals surface area contributed by atoms with Crippen LogP contribution in [0.1, 0.15) is 5.56 Å². The number of pyridine rings is 1. The number of fused-ring (bicyclic) bond motifs is 3. The maximum Gasteiger partial charge on any atom is 0.201 e. The van der Waals surface area contributed by atoms with E-state index in [4.69, 9.17) is 0 Å². The Morgan fingerprint density at radius 1 is 0.952 bits per heavy atom. The van der Waals surface area contributed by atoms with Gasteiger partial charge >= 0.3 is 0 Å². The molecule has 0 amide bonds. The van der Waals surface area contributed by atoms with Gasteiger partial charge in [0.15, 0.2) is 0 Å². The van der Waals surface area contributed by atoms with Crippen LogP contribution in [0.5, 0.6) is 0 Å². The molecule has 2 N–H and O–H groups in total. The van der Waals surface area contributed by atoms with Crippen molar-refractivity contribution in [2.75, 3.05) is 5.32 Å². The van der Waals surface area contributed by atoms with Gasteiger partial charge in [-0.3, -0.25) is 4.98 Å². The van der Waals surface area contributed by atoms with Crippen LogP contribution >= 0.6 is 0 Å². The number of imidazole rings is 1. The molecule has 0 unspecified atom stereocenters. The third kappa shape index (κ3) is 2.21. The van der Waals surface area contributed by atoms with E-state index in [1.165, 1.54) is 5.56 Å². The van der Waals surface area contributed by atoms with Gasteiger partial charge in [-0.2, -0.15) is 0 Å². The summed E-state index contributed by atoms with van der Waals surface area (Å²) in [7, 11) is 0. The summed E-state index contributed by atoms with van der Waals surface area (Å²) in [6.07, 6.45) is 1.81. The molecule has 0 radical (unpaired) electrons. The lowest BCUT2D eigenvalue weighted by Crippen LogP contribution is -2.00. The predicted molar refractivity (Wildman–Crippen MR) is 85.2 cm³/mol. The van der Waals surface area contributed by atoms with Gasteiger partial charge in [0.2, 0.25) is 5.95 Å². The minimum Gasteiger partial charge on any atom is -0.352 e. The van der Waals surface area contributed by atoms with E-state index in [0.717, 1.165) is 34.4 Å². The Bertz CT molecular complexity index is 896. The first-order valence-electron chi connectivity index (χ1n) is 6.91. The number of H-pyrrole nitrogens is 1. The largest absolute Gasteiger partial charge is 0.352 e. The number of rotatable bonds is 3. The van der Waals surface area contributed by atoms with E-state index in [-0.39, 0.29) is 0 Å². The summed E-state index contributed by atoms with van der Waals surface area (Å²) in [5, 5.41) is 4.43. The van der Waals surface area contributed by atoms with Gasteiger partial charge in [-0.15, -0.1) is 0 Å². The predicted octanol–water partition coefficient (Wildman–Crippen LogP) is 3.72. The summed E-state index contributed by atoms with van der Waals surface area (Å²) in [4.78, 5) is 12.3. The van der Waals surface area contributed by atoms with Crippen molar-refractivity contribution in [3.05, 3.63) is 66.4 Å². The lowest BCUT2D eigenvalue weighted by molar-refractivity contribution is 1.10. The first-order valence-corrected chi connectivity index (χ1v) is 6.91. The molecule has 0 atom stereocenters. The summed E-state index contributed by atoms with van der Waals surface area (Å²) in [5.74, 6) is 0.770. The first kappa shape index (κ1) is 11.9. The van der Waals surface area contributed by atoms with Gasteiger partial charge < -0.3 is 10.3 Å². The summed E-state index contributed by atoms with van der Waals surface area (Å²) >= 11 is 0. The van der Waals surface area contributed by atoms with E-state index in [1.54, 1.807) is 6.20 Å². The van der Waals surface area contributed by atoms with Crippen molar-refractivity contribution in [3.8, 4) is 0 Å². The summed E-state index contributed by atoms with van der Waals surface area (Å²) in [6.45, 7) is 0.742. The molecule has 4 aromatic rings. The van der Waals surface area contributed by atoms with Gasteiger partial charge in [-0.25, -0.2) is 4.98 Å². The molecule has 0 bridgehead atoms. The number of nitrogens with zero attached hydrogens (tertiary/aromatic N) is 2. The minimum absolute atomic E-state index is 0.742.